The molecule has 0 spiro atoms. The van der Waals surface area contributed by atoms with E-state index in [4.69, 9.17) is 19.3 Å². The molecule has 7 heteroatoms. The lowest BCUT2D eigenvalue weighted by Gasteiger charge is -2.12. The third kappa shape index (κ3) is 4.80. The summed E-state index contributed by atoms with van der Waals surface area (Å²) in [6.45, 7) is 4.98. The number of aromatic nitrogens is 1. The van der Waals surface area contributed by atoms with E-state index in [1.165, 1.54) is 11.3 Å². The first kappa shape index (κ1) is 19.7. The van der Waals surface area contributed by atoms with Crippen molar-refractivity contribution in [2.24, 2.45) is 0 Å². The second-order valence-corrected chi connectivity index (χ2v) is 6.84. The number of para-hydroxylation sites is 2. The average Bonchev–Trinajstić information content (AvgIpc) is 3.09. The standard InChI is InChI=1S/C21H21NO5S/c1-3-25-17-6-4-5-7-18(17)27-13-12-26-16-10-8-15(9-11-16)20-22-14(2)19(28-20)21(23)24/h4-11H,3,12-13H2,1-2H3,(H,23,24). The number of aryl methyl sites for hydroxylation is 1. The van der Waals surface area contributed by atoms with Crippen molar-refractivity contribution in [1.82, 2.24) is 4.98 Å². The van der Waals surface area contributed by atoms with Gasteiger partial charge in [-0.1, -0.05) is 12.1 Å². The van der Waals surface area contributed by atoms with Crippen molar-refractivity contribution in [3.05, 3.63) is 59.1 Å². The number of carboxylic acids is 1. The van der Waals surface area contributed by atoms with E-state index in [1.807, 2.05) is 55.5 Å². The maximum absolute atomic E-state index is 11.2. The summed E-state index contributed by atoms with van der Waals surface area (Å²) in [5.74, 6) is 1.16. The number of carbonyl (C=O) groups is 1. The van der Waals surface area contributed by atoms with Crippen molar-refractivity contribution < 1.29 is 24.1 Å². The third-order valence-electron chi connectivity index (χ3n) is 3.85. The fourth-order valence-corrected chi connectivity index (χ4v) is 3.48. The summed E-state index contributed by atoms with van der Waals surface area (Å²) >= 11 is 1.17. The van der Waals surface area contributed by atoms with Gasteiger partial charge in [-0.05, 0) is 50.2 Å². The highest BCUT2D eigenvalue weighted by Gasteiger charge is 2.15. The van der Waals surface area contributed by atoms with Crippen LogP contribution in [0.15, 0.2) is 48.5 Å². The Bertz CT molecular complexity index is 936. The first-order chi connectivity index (χ1) is 13.6. The fraction of sp³-hybridized carbons (Fsp3) is 0.238. The van der Waals surface area contributed by atoms with Crippen LogP contribution in [0.1, 0.15) is 22.3 Å². The Kier molecular flexibility index (Phi) is 6.49. The molecule has 2 aromatic carbocycles. The minimum absolute atomic E-state index is 0.264. The van der Waals surface area contributed by atoms with Crippen LogP contribution >= 0.6 is 11.3 Å². The Morgan fingerprint density at radius 3 is 2.25 bits per heavy atom. The second kappa shape index (κ2) is 9.23. The molecule has 0 radical (unpaired) electrons. The molecule has 0 aliphatic rings. The molecule has 28 heavy (non-hydrogen) atoms. The number of ether oxygens (including phenoxy) is 3. The SMILES string of the molecule is CCOc1ccccc1OCCOc1ccc(-c2nc(C)c(C(=O)O)s2)cc1. The molecule has 0 unspecified atom stereocenters. The van der Waals surface area contributed by atoms with Crippen LogP contribution in [0.5, 0.6) is 17.2 Å². The zero-order chi connectivity index (χ0) is 19.9. The summed E-state index contributed by atoms with van der Waals surface area (Å²) in [5.41, 5.74) is 1.38. The highest BCUT2D eigenvalue weighted by molar-refractivity contribution is 7.17. The Labute approximate surface area is 167 Å². The van der Waals surface area contributed by atoms with Crippen molar-refractivity contribution in [2.75, 3.05) is 19.8 Å². The molecule has 0 bridgehead atoms. The Hall–Kier alpha value is -3.06. The topological polar surface area (TPSA) is 77.9 Å². The summed E-state index contributed by atoms with van der Waals surface area (Å²) in [6.07, 6.45) is 0. The van der Waals surface area contributed by atoms with Gasteiger partial charge in [0, 0.05) is 5.56 Å². The van der Waals surface area contributed by atoms with Crippen LogP contribution in [0.4, 0.5) is 0 Å². The minimum Gasteiger partial charge on any atom is -0.490 e. The van der Waals surface area contributed by atoms with Crippen molar-refractivity contribution in [3.63, 3.8) is 0 Å². The van der Waals surface area contributed by atoms with Crippen LogP contribution in [-0.2, 0) is 0 Å². The van der Waals surface area contributed by atoms with E-state index in [2.05, 4.69) is 4.98 Å². The summed E-state index contributed by atoms with van der Waals surface area (Å²) in [4.78, 5) is 15.8. The van der Waals surface area contributed by atoms with Gasteiger partial charge in [-0.3, -0.25) is 0 Å². The molecule has 3 aromatic rings. The molecule has 0 saturated carbocycles. The maximum Gasteiger partial charge on any atom is 0.347 e. The molecule has 3 rings (SSSR count). The molecular formula is C21H21NO5S. The average molecular weight is 399 g/mol. The van der Waals surface area contributed by atoms with Gasteiger partial charge in [0.15, 0.2) is 11.5 Å². The van der Waals surface area contributed by atoms with Crippen molar-refractivity contribution >= 4 is 17.3 Å². The largest absolute Gasteiger partial charge is 0.490 e. The van der Waals surface area contributed by atoms with Gasteiger partial charge in [-0.2, -0.15) is 0 Å². The summed E-state index contributed by atoms with van der Waals surface area (Å²) in [6, 6.07) is 14.9. The molecular weight excluding hydrogens is 378 g/mol. The minimum atomic E-state index is -0.952. The quantitative estimate of drug-likeness (QED) is 0.527. The van der Waals surface area contributed by atoms with E-state index in [-0.39, 0.29) is 4.88 Å². The van der Waals surface area contributed by atoms with E-state index < -0.39 is 5.97 Å². The van der Waals surface area contributed by atoms with E-state index in [0.29, 0.717) is 47.8 Å². The summed E-state index contributed by atoms with van der Waals surface area (Å²) in [7, 11) is 0. The monoisotopic (exact) mass is 399 g/mol. The number of carboxylic acid groups (broad SMARTS) is 1. The number of hydrogen-bond donors (Lipinski definition) is 1. The van der Waals surface area contributed by atoms with Crippen LogP contribution < -0.4 is 14.2 Å². The highest BCUT2D eigenvalue weighted by Crippen LogP contribution is 2.29. The lowest BCUT2D eigenvalue weighted by atomic mass is 10.2. The van der Waals surface area contributed by atoms with Gasteiger partial charge in [0.05, 0.1) is 12.3 Å². The van der Waals surface area contributed by atoms with Gasteiger partial charge in [0.25, 0.3) is 0 Å². The number of rotatable bonds is 9. The predicted octanol–water partition coefficient (Wildman–Crippen LogP) is 4.67. The first-order valence-electron chi connectivity index (χ1n) is 8.87. The number of hydrogen-bond acceptors (Lipinski definition) is 6. The zero-order valence-electron chi connectivity index (χ0n) is 15.7. The maximum atomic E-state index is 11.2. The van der Waals surface area contributed by atoms with Gasteiger partial charge in [0.2, 0.25) is 0 Å². The highest BCUT2D eigenvalue weighted by atomic mass is 32.1. The molecule has 0 aliphatic heterocycles. The first-order valence-corrected chi connectivity index (χ1v) is 9.68. The number of benzene rings is 2. The van der Waals surface area contributed by atoms with Gasteiger partial charge < -0.3 is 19.3 Å². The Morgan fingerprint density at radius 2 is 1.64 bits per heavy atom. The van der Waals surface area contributed by atoms with Gasteiger partial charge in [0.1, 0.15) is 28.8 Å². The lowest BCUT2D eigenvalue weighted by Crippen LogP contribution is -2.09. The summed E-state index contributed by atoms with van der Waals surface area (Å²) < 4.78 is 17.0. The number of aromatic carboxylic acids is 1. The Balaban J connectivity index is 1.54. The van der Waals surface area contributed by atoms with E-state index in [9.17, 15) is 4.79 Å². The Morgan fingerprint density at radius 1 is 1.00 bits per heavy atom. The predicted molar refractivity (Wildman–Crippen MR) is 108 cm³/mol. The number of thiazole rings is 1. The molecule has 6 nitrogen and oxygen atoms in total. The molecule has 0 aliphatic carbocycles. The third-order valence-corrected chi connectivity index (χ3v) is 5.05. The van der Waals surface area contributed by atoms with E-state index in [1.54, 1.807) is 6.92 Å². The van der Waals surface area contributed by atoms with Crippen molar-refractivity contribution in [1.29, 1.82) is 0 Å². The molecule has 1 aromatic heterocycles. The van der Waals surface area contributed by atoms with Gasteiger partial charge >= 0.3 is 5.97 Å². The molecule has 0 atom stereocenters. The van der Waals surface area contributed by atoms with Crippen LogP contribution in [0, 0.1) is 6.92 Å². The van der Waals surface area contributed by atoms with Crippen LogP contribution in [0.25, 0.3) is 10.6 Å². The van der Waals surface area contributed by atoms with Crippen LogP contribution in [0.2, 0.25) is 0 Å². The molecule has 1 heterocycles. The second-order valence-electron chi connectivity index (χ2n) is 5.84. The van der Waals surface area contributed by atoms with Crippen molar-refractivity contribution in [2.45, 2.75) is 13.8 Å². The normalized spacial score (nSPS) is 10.5. The molecule has 0 saturated heterocycles. The van der Waals surface area contributed by atoms with E-state index in [0.717, 1.165) is 5.56 Å². The van der Waals surface area contributed by atoms with Crippen molar-refractivity contribution in [3.8, 4) is 27.8 Å². The fourth-order valence-electron chi connectivity index (χ4n) is 2.57. The van der Waals surface area contributed by atoms with Gasteiger partial charge in [-0.25, -0.2) is 9.78 Å². The molecule has 1 N–H and O–H groups in total. The zero-order valence-corrected chi connectivity index (χ0v) is 16.5. The lowest BCUT2D eigenvalue weighted by molar-refractivity contribution is 0.0701. The van der Waals surface area contributed by atoms with E-state index >= 15 is 0 Å². The summed E-state index contributed by atoms with van der Waals surface area (Å²) in [5, 5.41) is 9.83. The molecule has 0 amide bonds. The molecule has 146 valence electrons. The smallest absolute Gasteiger partial charge is 0.347 e. The van der Waals surface area contributed by atoms with Crippen LogP contribution in [-0.4, -0.2) is 35.9 Å². The van der Waals surface area contributed by atoms with Gasteiger partial charge in [-0.15, -0.1) is 11.3 Å². The number of nitrogens with zero attached hydrogens (tertiary/aromatic N) is 1. The van der Waals surface area contributed by atoms with Crippen LogP contribution in [0.3, 0.4) is 0 Å². The molecule has 0 fully saturated rings.